The monoisotopic (exact) mass is 435 g/mol. The fraction of sp³-hybridized carbons (Fsp3) is 0.136. The molecule has 0 saturated carbocycles. The first-order chi connectivity index (χ1) is 15.3. The summed E-state index contributed by atoms with van der Waals surface area (Å²) in [6.07, 6.45) is 2.37. The average Bonchev–Trinajstić information content (AvgIpc) is 2.76. The Labute approximate surface area is 180 Å². The number of nitrogens with zero attached hydrogens (tertiary/aromatic N) is 2. The SMILES string of the molecule is Cc1ccc(-n2ncc(=O)[nH]c2=O)cc1NC(=O)C1=CNC(=O)CC1c1ccc(F)cc1. The molecule has 1 aliphatic rings. The minimum Gasteiger partial charge on any atom is -0.332 e. The van der Waals surface area contributed by atoms with E-state index in [2.05, 4.69) is 20.7 Å². The van der Waals surface area contributed by atoms with E-state index in [9.17, 15) is 23.6 Å². The van der Waals surface area contributed by atoms with E-state index >= 15 is 0 Å². The lowest BCUT2D eigenvalue weighted by molar-refractivity contribution is -0.121. The normalized spacial score (nSPS) is 15.6. The molecule has 10 heteroatoms. The summed E-state index contributed by atoms with van der Waals surface area (Å²) in [5.41, 5.74) is 1.09. The Morgan fingerprint density at radius 1 is 1.16 bits per heavy atom. The molecule has 2 aromatic carbocycles. The maximum Gasteiger partial charge on any atom is 0.349 e. The molecule has 1 atom stereocenters. The smallest absolute Gasteiger partial charge is 0.332 e. The second-order valence-corrected chi connectivity index (χ2v) is 7.28. The maximum atomic E-state index is 13.3. The fourth-order valence-corrected chi connectivity index (χ4v) is 3.44. The van der Waals surface area contributed by atoms with Crippen LogP contribution in [0.5, 0.6) is 0 Å². The number of H-pyrrole nitrogens is 1. The summed E-state index contributed by atoms with van der Waals surface area (Å²) in [5, 5.41) is 9.16. The molecule has 162 valence electrons. The van der Waals surface area contributed by atoms with Crippen LogP contribution in [0, 0.1) is 12.7 Å². The van der Waals surface area contributed by atoms with E-state index in [1.807, 2.05) is 0 Å². The number of rotatable bonds is 4. The number of amides is 2. The number of benzene rings is 2. The summed E-state index contributed by atoms with van der Waals surface area (Å²) >= 11 is 0. The van der Waals surface area contributed by atoms with E-state index in [0.29, 0.717) is 22.5 Å². The molecule has 0 radical (unpaired) electrons. The number of aromatic nitrogens is 3. The van der Waals surface area contributed by atoms with E-state index in [4.69, 9.17) is 0 Å². The van der Waals surface area contributed by atoms with Crippen LogP contribution in [0.1, 0.15) is 23.5 Å². The molecule has 32 heavy (non-hydrogen) atoms. The lowest BCUT2D eigenvalue weighted by Gasteiger charge is -2.24. The van der Waals surface area contributed by atoms with Crippen molar-refractivity contribution < 1.29 is 14.0 Å². The molecule has 2 amide bonds. The number of aryl methyl sites for hydroxylation is 1. The summed E-state index contributed by atoms with van der Waals surface area (Å²) < 4.78 is 14.3. The predicted molar refractivity (Wildman–Crippen MR) is 114 cm³/mol. The summed E-state index contributed by atoms with van der Waals surface area (Å²) in [5.74, 6) is -1.67. The zero-order chi connectivity index (χ0) is 22.8. The molecule has 2 heterocycles. The highest BCUT2D eigenvalue weighted by atomic mass is 19.1. The van der Waals surface area contributed by atoms with Gasteiger partial charge in [-0.15, -0.1) is 0 Å². The average molecular weight is 435 g/mol. The molecule has 3 aromatic rings. The van der Waals surface area contributed by atoms with Gasteiger partial charge in [-0.25, -0.2) is 9.18 Å². The maximum absolute atomic E-state index is 13.3. The standard InChI is InChI=1S/C22H18FN5O4/c1-12-2-7-15(28-22(32)27-20(30)11-25-28)8-18(12)26-21(31)17-10-24-19(29)9-16(17)13-3-5-14(23)6-4-13/h2-8,10-11,16H,9H2,1H3,(H,24,29)(H,26,31)(H,27,30,32). The van der Waals surface area contributed by atoms with Gasteiger partial charge in [-0.3, -0.25) is 19.4 Å². The van der Waals surface area contributed by atoms with E-state index in [-0.39, 0.29) is 12.3 Å². The zero-order valence-corrected chi connectivity index (χ0v) is 16.9. The van der Waals surface area contributed by atoms with Crippen LogP contribution >= 0.6 is 0 Å². The van der Waals surface area contributed by atoms with Crippen molar-refractivity contribution in [3.8, 4) is 5.69 Å². The van der Waals surface area contributed by atoms with Gasteiger partial charge < -0.3 is 10.6 Å². The van der Waals surface area contributed by atoms with Crippen LogP contribution in [0.15, 0.2) is 70.0 Å². The second-order valence-electron chi connectivity index (χ2n) is 7.28. The van der Waals surface area contributed by atoms with Gasteiger partial charge in [-0.1, -0.05) is 18.2 Å². The molecule has 1 aromatic heterocycles. The molecular weight excluding hydrogens is 417 g/mol. The number of halogens is 1. The van der Waals surface area contributed by atoms with Crippen molar-refractivity contribution in [2.24, 2.45) is 0 Å². The van der Waals surface area contributed by atoms with Gasteiger partial charge in [0, 0.05) is 29.8 Å². The largest absolute Gasteiger partial charge is 0.349 e. The molecule has 9 nitrogen and oxygen atoms in total. The van der Waals surface area contributed by atoms with Crippen molar-refractivity contribution in [1.82, 2.24) is 20.1 Å². The van der Waals surface area contributed by atoms with Gasteiger partial charge in [-0.05, 0) is 42.3 Å². The third-order valence-corrected chi connectivity index (χ3v) is 5.12. The summed E-state index contributed by atoms with van der Waals surface area (Å²) in [6, 6.07) is 10.5. The van der Waals surface area contributed by atoms with Crippen molar-refractivity contribution in [1.29, 1.82) is 0 Å². The van der Waals surface area contributed by atoms with Crippen molar-refractivity contribution in [3.05, 3.63) is 98.2 Å². The van der Waals surface area contributed by atoms with Crippen molar-refractivity contribution in [2.45, 2.75) is 19.3 Å². The third kappa shape index (κ3) is 4.24. The van der Waals surface area contributed by atoms with E-state index < -0.39 is 28.9 Å². The first-order valence-electron chi connectivity index (χ1n) is 9.68. The molecular formula is C22H18FN5O4. The van der Waals surface area contributed by atoms with Crippen LogP contribution in [0.2, 0.25) is 0 Å². The number of anilines is 1. The first kappa shape index (κ1) is 20.9. The highest BCUT2D eigenvalue weighted by Gasteiger charge is 2.29. The number of hydrogen-bond acceptors (Lipinski definition) is 5. The van der Waals surface area contributed by atoms with Crippen molar-refractivity contribution >= 4 is 17.5 Å². The fourth-order valence-electron chi connectivity index (χ4n) is 3.44. The van der Waals surface area contributed by atoms with Crippen LogP contribution in [0.3, 0.4) is 0 Å². The van der Waals surface area contributed by atoms with Crippen LogP contribution < -0.4 is 21.9 Å². The molecule has 0 spiro atoms. The molecule has 4 rings (SSSR count). The summed E-state index contributed by atoms with van der Waals surface area (Å²) in [4.78, 5) is 50.4. The van der Waals surface area contributed by atoms with E-state index in [1.54, 1.807) is 37.3 Å². The number of carbonyl (C=O) groups excluding carboxylic acids is 2. The molecule has 0 aliphatic carbocycles. The number of hydrogen-bond donors (Lipinski definition) is 3. The Kier molecular flexibility index (Phi) is 5.50. The van der Waals surface area contributed by atoms with Gasteiger partial charge in [0.25, 0.3) is 11.5 Å². The number of nitrogens with one attached hydrogen (secondary N) is 3. The van der Waals surface area contributed by atoms with Crippen molar-refractivity contribution in [3.63, 3.8) is 0 Å². The van der Waals surface area contributed by atoms with Gasteiger partial charge in [0.1, 0.15) is 12.0 Å². The Morgan fingerprint density at radius 3 is 2.62 bits per heavy atom. The van der Waals surface area contributed by atoms with Crippen LogP contribution in [0.25, 0.3) is 5.69 Å². The molecule has 0 bridgehead atoms. The molecule has 0 saturated heterocycles. The predicted octanol–water partition coefficient (Wildman–Crippen LogP) is 1.49. The minimum absolute atomic E-state index is 0.0423. The zero-order valence-electron chi connectivity index (χ0n) is 16.9. The van der Waals surface area contributed by atoms with Crippen LogP contribution in [-0.4, -0.2) is 26.6 Å². The van der Waals surface area contributed by atoms with Gasteiger partial charge in [-0.2, -0.15) is 9.78 Å². The summed E-state index contributed by atoms with van der Waals surface area (Å²) in [6.45, 7) is 1.77. The van der Waals surface area contributed by atoms with E-state index in [0.717, 1.165) is 16.4 Å². The Balaban J connectivity index is 1.65. The second kappa shape index (κ2) is 8.42. The molecule has 0 fully saturated rings. The topological polar surface area (TPSA) is 126 Å². The number of aromatic amines is 1. The molecule has 1 aliphatic heterocycles. The van der Waals surface area contributed by atoms with Gasteiger partial charge in [0.05, 0.1) is 5.69 Å². The minimum atomic E-state index is -0.715. The summed E-state index contributed by atoms with van der Waals surface area (Å²) in [7, 11) is 0. The lowest BCUT2D eigenvalue weighted by atomic mass is 9.86. The first-order valence-corrected chi connectivity index (χ1v) is 9.68. The van der Waals surface area contributed by atoms with Gasteiger partial charge in [0.15, 0.2) is 0 Å². The molecule has 3 N–H and O–H groups in total. The molecule has 1 unspecified atom stereocenters. The van der Waals surface area contributed by atoms with Crippen molar-refractivity contribution in [2.75, 3.05) is 5.32 Å². The lowest BCUT2D eigenvalue weighted by Crippen LogP contribution is -2.32. The highest BCUT2D eigenvalue weighted by Crippen LogP contribution is 2.31. The van der Waals surface area contributed by atoms with E-state index in [1.165, 1.54) is 18.3 Å². The van der Waals surface area contributed by atoms with Crippen LogP contribution in [-0.2, 0) is 9.59 Å². The Hall–Kier alpha value is -4.34. The quantitative estimate of drug-likeness (QED) is 0.573. The highest BCUT2D eigenvalue weighted by molar-refractivity contribution is 6.06. The third-order valence-electron chi connectivity index (χ3n) is 5.12. The van der Waals surface area contributed by atoms with Gasteiger partial charge >= 0.3 is 5.69 Å². The Morgan fingerprint density at radius 2 is 1.91 bits per heavy atom. The van der Waals surface area contributed by atoms with Crippen LogP contribution in [0.4, 0.5) is 10.1 Å². The van der Waals surface area contributed by atoms with Gasteiger partial charge in [0.2, 0.25) is 5.91 Å². The Bertz CT molecular complexity index is 1360. The number of carbonyl (C=O) groups is 2.